The number of aryl methyl sites for hydroxylation is 1. The van der Waals surface area contributed by atoms with E-state index in [9.17, 15) is 18.3 Å². The summed E-state index contributed by atoms with van der Waals surface area (Å²) in [6.45, 7) is 5.63. The van der Waals surface area contributed by atoms with Crippen molar-refractivity contribution in [3.8, 4) is 22.3 Å². The largest absolute Gasteiger partial charge is 0.481 e. The Kier molecular flexibility index (Phi) is 4.58. The number of carboxylic acid groups (broad SMARTS) is 1. The van der Waals surface area contributed by atoms with Crippen molar-refractivity contribution in [3.63, 3.8) is 0 Å². The molecule has 0 unspecified atom stereocenters. The van der Waals surface area contributed by atoms with Gasteiger partial charge in [0.1, 0.15) is 0 Å². The highest BCUT2D eigenvalue weighted by molar-refractivity contribution is 7.91. The van der Waals surface area contributed by atoms with Gasteiger partial charge in [0, 0.05) is 5.56 Å². The van der Waals surface area contributed by atoms with E-state index in [0.29, 0.717) is 16.7 Å². The van der Waals surface area contributed by atoms with E-state index in [1.165, 1.54) is 0 Å². The van der Waals surface area contributed by atoms with Crippen molar-refractivity contribution in [1.82, 2.24) is 0 Å². The van der Waals surface area contributed by atoms with Crippen molar-refractivity contribution in [2.24, 2.45) is 0 Å². The van der Waals surface area contributed by atoms with Gasteiger partial charge >= 0.3 is 5.97 Å². The number of benzene rings is 3. The normalized spacial score (nSPS) is 14.2. The van der Waals surface area contributed by atoms with Gasteiger partial charge in [-0.15, -0.1) is 0 Å². The van der Waals surface area contributed by atoms with E-state index in [1.54, 1.807) is 6.92 Å². The van der Waals surface area contributed by atoms with E-state index >= 15 is 0 Å². The zero-order valence-electron chi connectivity index (χ0n) is 16.6. The van der Waals surface area contributed by atoms with E-state index in [-0.39, 0.29) is 17.1 Å². The molecule has 0 aliphatic carbocycles. The number of hydrogen-bond donors (Lipinski definition) is 1. The van der Waals surface area contributed by atoms with Crippen LogP contribution >= 0.6 is 0 Å². The minimum atomic E-state index is -3.57. The minimum Gasteiger partial charge on any atom is -0.481 e. The van der Waals surface area contributed by atoms with Crippen LogP contribution in [0.25, 0.3) is 22.3 Å². The fourth-order valence-electron chi connectivity index (χ4n) is 4.40. The van der Waals surface area contributed by atoms with Crippen LogP contribution in [-0.4, -0.2) is 19.5 Å². The van der Waals surface area contributed by atoms with Crippen LogP contribution in [0.2, 0.25) is 0 Å². The smallest absolute Gasteiger partial charge is 0.307 e. The lowest BCUT2D eigenvalue weighted by molar-refractivity contribution is -0.136. The number of fused-ring (bicyclic) bond motifs is 3. The van der Waals surface area contributed by atoms with Gasteiger partial charge < -0.3 is 5.11 Å². The zero-order chi connectivity index (χ0) is 20.9. The third-order valence-corrected chi connectivity index (χ3v) is 7.51. The van der Waals surface area contributed by atoms with Crippen molar-refractivity contribution in [3.05, 3.63) is 76.3 Å². The predicted octanol–water partition coefficient (Wildman–Crippen LogP) is 4.86. The maximum Gasteiger partial charge on any atom is 0.307 e. The molecule has 0 spiro atoms. The summed E-state index contributed by atoms with van der Waals surface area (Å²) in [5.74, 6) is -1.04. The monoisotopic (exact) mass is 406 g/mol. The number of sulfone groups is 1. The molecule has 1 heterocycles. The third-order valence-electron chi connectivity index (χ3n) is 5.68. The molecule has 1 N–H and O–H groups in total. The van der Waals surface area contributed by atoms with Crippen LogP contribution in [0.5, 0.6) is 0 Å². The molecular weight excluding hydrogens is 384 g/mol. The average Bonchev–Trinajstić information content (AvgIpc) is 2.65. The Morgan fingerprint density at radius 3 is 2.24 bits per heavy atom. The number of aliphatic carboxylic acids is 1. The lowest BCUT2D eigenvalue weighted by Crippen LogP contribution is -2.18. The summed E-state index contributed by atoms with van der Waals surface area (Å²) in [4.78, 5) is 11.9. The van der Waals surface area contributed by atoms with Gasteiger partial charge in [0.2, 0.25) is 0 Å². The fourth-order valence-corrected chi connectivity index (χ4v) is 6.37. The Morgan fingerprint density at radius 1 is 0.931 bits per heavy atom. The van der Waals surface area contributed by atoms with Crippen LogP contribution in [-0.2, 0) is 26.8 Å². The highest BCUT2D eigenvalue weighted by atomic mass is 32.2. The molecule has 5 heteroatoms. The minimum absolute atomic E-state index is 0.0627. The number of hydrogen-bond acceptors (Lipinski definition) is 3. The van der Waals surface area contributed by atoms with Gasteiger partial charge in [-0.25, -0.2) is 8.42 Å². The maximum atomic E-state index is 13.2. The van der Waals surface area contributed by atoms with Crippen molar-refractivity contribution < 1.29 is 18.3 Å². The number of rotatable bonds is 3. The Labute approximate surface area is 170 Å². The molecule has 148 valence electrons. The van der Waals surface area contributed by atoms with Crippen LogP contribution in [0.3, 0.4) is 0 Å². The average molecular weight is 407 g/mol. The van der Waals surface area contributed by atoms with Gasteiger partial charge in [-0.05, 0) is 59.7 Å². The molecule has 0 bridgehead atoms. The first-order valence-corrected chi connectivity index (χ1v) is 11.1. The van der Waals surface area contributed by atoms with Crippen LogP contribution in [0.4, 0.5) is 0 Å². The van der Waals surface area contributed by atoms with Crippen molar-refractivity contribution >= 4 is 15.8 Å². The molecule has 3 aromatic carbocycles. The lowest BCUT2D eigenvalue weighted by atomic mass is 9.83. The van der Waals surface area contributed by atoms with Gasteiger partial charge in [-0.2, -0.15) is 0 Å². The molecule has 0 fully saturated rings. The highest BCUT2D eigenvalue weighted by Gasteiger charge is 2.34. The first kappa shape index (κ1) is 19.4. The molecule has 29 heavy (non-hydrogen) atoms. The standard InChI is InChI=1S/C24H22O4S/c1-14-8-10-17(11-9-14)22-16(3)23-19-7-5-4-6-18(19)13-29(27,28)24(23)15(2)20(22)12-21(25)26/h4-11H,12-13H2,1-3H3,(H,25,26). The second-order valence-electron chi connectivity index (χ2n) is 7.66. The van der Waals surface area contributed by atoms with Crippen LogP contribution in [0.15, 0.2) is 53.4 Å². The van der Waals surface area contributed by atoms with E-state index in [1.807, 2.05) is 62.4 Å². The SMILES string of the molecule is Cc1ccc(-c2c(C)c3c(c(C)c2CC(=O)O)S(=O)(=O)Cc2ccccc2-3)cc1. The molecule has 0 atom stereocenters. The van der Waals surface area contributed by atoms with Crippen LogP contribution < -0.4 is 0 Å². The maximum absolute atomic E-state index is 13.2. The lowest BCUT2D eigenvalue weighted by Gasteiger charge is -2.28. The Hall–Kier alpha value is -2.92. The first-order chi connectivity index (χ1) is 13.7. The first-order valence-electron chi connectivity index (χ1n) is 9.46. The molecule has 0 amide bonds. The summed E-state index contributed by atoms with van der Waals surface area (Å²) in [7, 11) is -3.57. The predicted molar refractivity (Wildman–Crippen MR) is 114 cm³/mol. The topological polar surface area (TPSA) is 71.4 Å². The van der Waals surface area contributed by atoms with Gasteiger partial charge in [0.25, 0.3) is 0 Å². The zero-order valence-corrected chi connectivity index (χ0v) is 17.4. The summed E-state index contributed by atoms with van der Waals surface area (Å²) in [6.07, 6.45) is -0.222. The molecule has 0 aromatic heterocycles. The molecule has 4 rings (SSSR count). The highest BCUT2D eigenvalue weighted by Crippen LogP contribution is 2.47. The third kappa shape index (κ3) is 3.15. The molecule has 0 radical (unpaired) electrons. The van der Waals surface area contributed by atoms with Gasteiger partial charge in [0.05, 0.1) is 17.1 Å². The van der Waals surface area contributed by atoms with Crippen LogP contribution in [0, 0.1) is 20.8 Å². The second-order valence-corrected chi connectivity index (χ2v) is 9.59. The molecule has 3 aromatic rings. The molecule has 0 saturated heterocycles. The Morgan fingerprint density at radius 2 is 1.59 bits per heavy atom. The number of carboxylic acids is 1. The van der Waals surface area contributed by atoms with Gasteiger partial charge in [0.15, 0.2) is 9.84 Å². The van der Waals surface area contributed by atoms with E-state index in [0.717, 1.165) is 33.4 Å². The second kappa shape index (κ2) is 6.85. The summed E-state index contributed by atoms with van der Waals surface area (Å²) in [6, 6.07) is 15.5. The summed E-state index contributed by atoms with van der Waals surface area (Å²) >= 11 is 0. The summed E-state index contributed by atoms with van der Waals surface area (Å²) < 4.78 is 26.4. The van der Waals surface area contributed by atoms with E-state index < -0.39 is 15.8 Å². The quantitative estimate of drug-likeness (QED) is 0.674. The molecule has 4 nitrogen and oxygen atoms in total. The number of carbonyl (C=O) groups is 1. The summed E-state index contributed by atoms with van der Waals surface area (Å²) in [5, 5.41) is 9.54. The van der Waals surface area contributed by atoms with E-state index in [4.69, 9.17) is 0 Å². The molecule has 1 aliphatic rings. The van der Waals surface area contributed by atoms with Crippen molar-refractivity contribution in [2.45, 2.75) is 37.8 Å². The van der Waals surface area contributed by atoms with Crippen molar-refractivity contribution in [1.29, 1.82) is 0 Å². The fraction of sp³-hybridized carbons (Fsp3) is 0.208. The van der Waals surface area contributed by atoms with Gasteiger partial charge in [-0.1, -0.05) is 54.1 Å². The summed E-state index contributed by atoms with van der Waals surface area (Å²) in [5.41, 5.74) is 7.13. The van der Waals surface area contributed by atoms with E-state index in [2.05, 4.69) is 0 Å². The molecule has 1 aliphatic heterocycles. The Balaban J connectivity index is 2.17. The Bertz CT molecular complexity index is 1250. The van der Waals surface area contributed by atoms with Crippen LogP contribution in [0.1, 0.15) is 27.8 Å². The molecule has 0 saturated carbocycles. The molecular formula is C24H22O4S. The van der Waals surface area contributed by atoms with Crippen molar-refractivity contribution in [2.75, 3.05) is 0 Å². The van der Waals surface area contributed by atoms with Gasteiger partial charge in [-0.3, -0.25) is 4.79 Å².